The molecular formula is C11H19N3O2. The summed E-state index contributed by atoms with van der Waals surface area (Å²) in [5, 5.41) is 7.86. The van der Waals surface area contributed by atoms with Gasteiger partial charge in [-0.3, -0.25) is 4.79 Å². The first-order valence-corrected chi connectivity index (χ1v) is 5.55. The molecular weight excluding hydrogens is 206 g/mol. The van der Waals surface area contributed by atoms with Crippen LogP contribution in [0.15, 0.2) is 12.7 Å². The van der Waals surface area contributed by atoms with Gasteiger partial charge in [-0.05, 0) is 25.7 Å². The summed E-state index contributed by atoms with van der Waals surface area (Å²) in [6.45, 7) is 6.09. The highest BCUT2D eigenvalue weighted by Gasteiger charge is 2.21. The van der Waals surface area contributed by atoms with Gasteiger partial charge in [0, 0.05) is 12.6 Å². The van der Waals surface area contributed by atoms with Gasteiger partial charge in [-0.1, -0.05) is 6.08 Å². The van der Waals surface area contributed by atoms with Crippen LogP contribution in [0.2, 0.25) is 0 Å². The summed E-state index contributed by atoms with van der Waals surface area (Å²) in [5.41, 5.74) is 0. The molecule has 1 aliphatic rings. The number of carbonyl (C=O) groups excluding carboxylic acids is 2. The Labute approximate surface area is 95.7 Å². The molecule has 3 amide bonds. The first kappa shape index (κ1) is 12.5. The molecule has 1 rings (SSSR count). The Morgan fingerprint density at radius 3 is 2.69 bits per heavy atom. The Hall–Kier alpha value is -1.52. The van der Waals surface area contributed by atoms with Crippen LogP contribution >= 0.6 is 0 Å². The maximum atomic E-state index is 11.3. The third kappa shape index (κ3) is 5.38. The van der Waals surface area contributed by atoms with Crippen LogP contribution in [0.3, 0.4) is 0 Å². The molecule has 0 aromatic heterocycles. The van der Waals surface area contributed by atoms with Gasteiger partial charge < -0.3 is 16.0 Å². The van der Waals surface area contributed by atoms with Gasteiger partial charge in [-0.2, -0.15) is 0 Å². The van der Waals surface area contributed by atoms with Crippen molar-refractivity contribution in [2.45, 2.75) is 25.8 Å². The molecule has 1 aliphatic carbocycles. The first-order valence-electron chi connectivity index (χ1n) is 5.55. The summed E-state index contributed by atoms with van der Waals surface area (Å²) >= 11 is 0. The highest BCUT2D eigenvalue weighted by atomic mass is 16.2. The van der Waals surface area contributed by atoms with Gasteiger partial charge in [0.25, 0.3) is 0 Å². The third-order valence-corrected chi connectivity index (χ3v) is 2.41. The van der Waals surface area contributed by atoms with E-state index in [4.69, 9.17) is 0 Å². The van der Waals surface area contributed by atoms with Gasteiger partial charge in [0.15, 0.2) is 0 Å². The normalized spacial score (nSPS) is 16.1. The second kappa shape index (κ2) is 6.15. The third-order valence-electron chi connectivity index (χ3n) is 2.41. The molecule has 0 bridgehead atoms. The van der Waals surface area contributed by atoms with E-state index in [1.807, 2.05) is 0 Å². The Morgan fingerprint density at radius 2 is 2.12 bits per heavy atom. The molecule has 5 heteroatoms. The lowest BCUT2D eigenvalue weighted by Gasteiger charge is -2.10. The van der Waals surface area contributed by atoms with Gasteiger partial charge in [0.05, 0.1) is 6.54 Å². The molecule has 0 aliphatic heterocycles. The minimum Gasteiger partial charge on any atom is -0.354 e. The van der Waals surface area contributed by atoms with Crippen molar-refractivity contribution in [1.29, 1.82) is 0 Å². The van der Waals surface area contributed by atoms with Crippen LogP contribution in [0.25, 0.3) is 0 Å². The maximum Gasteiger partial charge on any atom is 0.315 e. The van der Waals surface area contributed by atoms with Crippen LogP contribution in [0.1, 0.15) is 19.8 Å². The number of carbonyl (C=O) groups is 2. The molecule has 0 heterocycles. The highest BCUT2D eigenvalue weighted by Crippen LogP contribution is 2.27. The van der Waals surface area contributed by atoms with Crippen molar-refractivity contribution >= 4 is 11.9 Å². The molecule has 1 atom stereocenters. The Morgan fingerprint density at radius 1 is 1.44 bits per heavy atom. The van der Waals surface area contributed by atoms with Crippen LogP contribution in [-0.2, 0) is 4.79 Å². The number of nitrogens with one attached hydrogen (secondary N) is 3. The van der Waals surface area contributed by atoms with Crippen LogP contribution in [0.4, 0.5) is 4.79 Å². The van der Waals surface area contributed by atoms with E-state index in [1.54, 1.807) is 13.0 Å². The number of rotatable bonds is 6. The van der Waals surface area contributed by atoms with E-state index in [1.165, 1.54) is 12.8 Å². The van der Waals surface area contributed by atoms with E-state index in [0.29, 0.717) is 5.92 Å². The Bertz CT molecular complexity index is 274. The predicted octanol–water partition coefficient (Wildman–Crippen LogP) is 0.386. The van der Waals surface area contributed by atoms with Gasteiger partial charge >= 0.3 is 6.03 Å². The minimum absolute atomic E-state index is 0.0163. The predicted molar refractivity (Wildman–Crippen MR) is 61.9 cm³/mol. The van der Waals surface area contributed by atoms with Crippen molar-refractivity contribution in [2.75, 3.05) is 13.1 Å². The van der Waals surface area contributed by atoms with Crippen molar-refractivity contribution in [3.05, 3.63) is 12.7 Å². The lowest BCUT2D eigenvalue weighted by Crippen LogP contribution is -2.44. The van der Waals surface area contributed by atoms with E-state index in [-0.39, 0.29) is 24.5 Å². The van der Waals surface area contributed by atoms with Crippen molar-refractivity contribution in [3.63, 3.8) is 0 Å². The standard InChI is InChI=1S/C11H19N3O2/c1-3-8(2)14-11(16)13-7-10(15)12-6-9-4-5-9/h3,8-9H,1,4-7H2,2H3,(H,12,15)(H2,13,14,16)/t8-/m0/s1. The molecule has 0 unspecified atom stereocenters. The summed E-state index contributed by atoms with van der Waals surface area (Å²) in [5.74, 6) is 0.506. The molecule has 16 heavy (non-hydrogen) atoms. The molecule has 0 aromatic rings. The second-order valence-electron chi connectivity index (χ2n) is 4.10. The van der Waals surface area contributed by atoms with Crippen LogP contribution in [0.5, 0.6) is 0 Å². The second-order valence-corrected chi connectivity index (χ2v) is 4.10. The summed E-state index contributed by atoms with van der Waals surface area (Å²) in [4.78, 5) is 22.5. The molecule has 0 aromatic carbocycles. The molecule has 0 spiro atoms. The molecule has 0 saturated heterocycles. The van der Waals surface area contributed by atoms with Crippen LogP contribution < -0.4 is 16.0 Å². The van der Waals surface area contributed by atoms with E-state index in [0.717, 1.165) is 6.54 Å². The zero-order chi connectivity index (χ0) is 12.0. The largest absolute Gasteiger partial charge is 0.354 e. The quantitative estimate of drug-likeness (QED) is 0.572. The van der Waals surface area contributed by atoms with Crippen molar-refractivity contribution in [2.24, 2.45) is 5.92 Å². The highest BCUT2D eigenvalue weighted by molar-refractivity contribution is 5.84. The van der Waals surface area contributed by atoms with Gasteiger partial charge in [-0.15, -0.1) is 6.58 Å². The summed E-state index contributed by atoms with van der Waals surface area (Å²) in [6, 6.07) is -0.455. The summed E-state index contributed by atoms with van der Waals surface area (Å²) in [6.07, 6.45) is 4.02. The molecule has 5 nitrogen and oxygen atoms in total. The smallest absolute Gasteiger partial charge is 0.315 e. The SMILES string of the molecule is C=C[C@H](C)NC(=O)NCC(=O)NCC1CC1. The summed E-state index contributed by atoms with van der Waals surface area (Å²) < 4.78 is 0. The van der Waals surface area contributed by atoms with E-state index < -0.39 is 0 Å². The maximum absolute atomic E-state index is 11.3. The van der Waals surface area contributed by atoms with Gasteiger partial charge in [0.1, 0.15) is 0 Å². The molecule has 1 fully saturated rings. The number of hydrogen-bond acceptors (Lipinski definition) is 2. The number of urea groups is 1. The fraction of sp³-hybridized carbons (Fsp3) is 0.636. The van der Waals surface area contributed by atoms with E-state index >= 15 is 0 Å². The lowest BCUT2D eigenvalue weighted by molar-refractivity contribution is -0.120. The monoisotopic (exact) mass is 225 g/mol. The zero-order valence-electron chi connectivity index (χ0n) is 9.58. The first-order chi connectivity index (χ1) is 7.61. The van der Waals surface area contributed by atoms with Crippen molar-refractivity contribution in [3.8, 4) is 0 Å². The molecule has 3 N–H and O–H groups in total. The molecule has 90 valence electrons. The van der Waals surface area contributed by atoms with Crippen LogP contribution in [-0.4, -0.2) is 31.1 Å². The molecule has 1 saturated carbocycles. The van der Waals surface area contributed by atoms with Crippen LogP contribution in [0, 0.1) is 5.92 Å². The van der Waals surface area contributed by atoms with Gasteiger partial charge in [0.2, 0.25) is 5.91 Å². The zero-order valence-corrected chi connectivity index (χ0v) is 9.58. The van der Waals surface area contributed by atoms with Crippen molar-refractivity contribution < 1.29 is 9.59 Å². The average Bonchev–Trinajstić information content (AvgIpc) is 3.07. The average molecular weight is 225 g/mol. The van der Waals surface area contributed by atoms with Crippen molar-refractivity contribution in [1.82, 2.24) is 16.0 Å². The minimum atomic E-state index is -0.353. The fourth-order valence-electron chi connectivity index (χ4n) is 1.12. The molecule has 0 radical (unpaired) electrons. The van der Waals surface area contributed by atoms with Gasteiger partial charge in [-0.25, -0.2) is 4.79 Å². The Balaban J connectivity index is 2.05. The summed E-state index contributed by atoms with van der Waals surface area (Å²) in [7, 11) is 0. The lowest BCUT2D eigenvalue weighted by atomic mass is 10.3. The number of hydrogen-bond donors (Lipinski definition) is 3. The van der Waals surface area contributed by atoms with E-state index in [9.17, 15) is 9.59 Å². The fourth-order valence-corrected chi connectivity index (χ4v) is 1.12. The topological polar surface area (TPSA) is 70.2 Å². The van der Waals surface area contributed by atoms with E-state index in [2.05, 4.69) is 22.5 Å². The Kier molecular flexibility index (Phi) is 4.82. The number of amides is 3.